The second kappa shape index (κ2) is 9.19. The number of aromatic hydroxyl groups is 1. The Bertz CT molecular complexity index is 1140. The Balaban J connectivity index is 1.30. The van der Waals surface area contributed by atoms with Crippen molar-refractivity contribution in [2.45, 2.75) is 12.3 Å². The molecule has 3 aromatic rings. The number of phenolic OH excluding ortho intramolecular Hbond substituents is 1. The predicted molar refractivity (Wildman–Crippen MR) is 118 cm³/mol. The minimum Gasteiger partial charge on any atom is -0.507 e. The van der Waals surface area contributed by atoms with Crippen molar-refractivity contribution in [2.75, 3.05) is 13.2 Å². The first-order chi connectivity index (χ1) is 15.2. The van der Waals surface area contributed by atoms with Gasteiger partial charge >= 0.3 is 6.09 Å². The van der Waals surface area contributed by atoms with Gasteiger partial charge in [0.1, 0.15) is 18.6 Å². The maximum absolute atomic E-state index is 12.1. The summed E-state index contributed by atoms with van der Waals surface area (Å²) in [6.45, 7) is 0.579. The van der Waals surface area contributed by atoms with E-state index in [0.717, 1.165) is 0 Å². The molecule has 4 rings (SSSR count). The number of ether oxygens (including phenoxy) is 1. The fourth-order valence-corrected chi connectivity index (χ4v) is 3.76. The molecular weight excluding hydrogens is 390 g/mol. The molecule has 0 aromatic heterocycles. The quantitative estimate of drug-likeness (QED) is 0.369. The van der Waals surface area contributed by atoms with Crippen LogP contribution in [0.15, 0.2) is 66.7 Å². The molecule has 0 atom stereocenters. The molecule has 0 bridgehead atoms. The second-order valence-corrected chi connectivity index (χ2v) is 7.20. The summed E-state index contributed by atoms with van der Waals surface area (Å²) in [4.78, 5) is 23.0. The normalized spacial score (nSPS) is 11.6. The molecule has 154 valence electrons. The van der Waals surface area contributed by atoms with Crippen LogP contribution in [0.1, 0.15) is 39.4 Å². The van der Waals surface area contributed by atoms with E-state index in [1.807, 2.05) is 24.3 Å². The number of hydrogen-bond acceptors (Lipinski definition) is 4. The van der Waals surface area contributed by atoms with Crippen molar-refractivity contribution in [3.05, 3.63) is 89.0 Å². The van der Waals surface area contributed by atoms with Gasteiger partial charge in [0.2, 0.25) is 0 Å². The summed E-state index contributed by atoms with van der Waals surface area (Å²) in [5, 5.41) is 12.5. The molecule has 1 aliphatic rings. The second-order valence-electron chi connectivity index (χ2n) is 7.20. The zero-order valence-corrected chi connectivity index (χ0v) is 16.8. The molecule has 2 N–H and O–H groups in total. The highest BCUT2D eigenvalue weighted by molar-refractivity contribution is 5.79. The molecule has 0 saturated heterocycles. The summed E-state index contributed by atoms with van der Waals surface area (Å²) in [6, 6.07) is 20.8. The Morgan fingerprint density at radius 1 is 1.03 bits per heavy atom. The molecule has 0 aliphatic heterocycles. The number of hydrogen-bond donors (Lipinski definition) is 2. The highest BCUT2D eigenvalue weighted by Crippen LogP contribution is 2.44. The van der Waals surface area contributed by atoms with Crippen LogP contribution in [-0.2, 0) is 4.74 Å². The number of benzene rings is 3. The van der Waals surface area contributed by atoms with Crippen LogP contribution in [0.25, 0.3) is 11.1 Å². The van der Waals surface area contributed by atoms with Gasteiger partial charge in [-0.3, -0.25) is 4.79 Å². The van der Waals surface area contributed by atoms with Gasteiger partial charge in [-0.05, 0) is 40.5 Å². The number of phenols is 1. The topological polar surface area (TPSA) is 75.6 Å². The lowest BCUT2D eigenvalue weighted by atomic mass is 9.98. The molecule has 0 unspecified atom stereocenters. The molecule has 1 amide bonds. The van der Waals surface area contributed by atoms with Crippen molar-refractivity contribution >= 4 is 12.4 Å². The molecule has 3 aromatic carbocycles. The van der Waals surface area contributed by atoms with Gasteiger partial charge in [-0.1, -0.05) is 60.4 Å². The molecule has 0 spiro atoms. The van der Waals surface area contributed by atoms with Gasteiger partial charge < -0.3 is 15.2 Å². The summed E-state index contributed by atoms with van der Waals surface area (Å²) in [5.74, 6) is 5.72. The number of carbonyl (C=O) groups excluding carboxylic acids is 2. The number of rotatable bonds is 5. The first-order valence-electron chi connectivity index (χ1n) is 10.0. The van der Waals surface area contributed by atoms with Crippen molar-refractivity contribution in [1.82, 2.24) is 5.32 Å². The molecule has 31 heavy (non-hydrogen) atoms. The van der Waals surface area contributed by atoms with E-state index in [0.29, 0.717) is 30.4 Å². The van der Waals surface area contributed by atoms with Crippen LogP contribution in [0.2, 0.25) is 0 Å². The molecule has 1 aliphatic carbocycles. The Kier molecular flexibility index (Phi) is 6.00. The number of alkyl carbamates (subject to hydrolysis) is 1. The lowest BCUT2D eigenvalue weighted by Gasteiger charge is -2.14. The molecule has 0 fully saturated rings. The average molecular weight is 411 g/mol. The molecule has 0 radical (unpaired) electrons. The zero-order valence-electron chi connectivity index (χ0n) is 16.8. The fraction of sp³-hybridized carbons (Fsp3) is 0.154. The van der Waals surface area contributed by atoms with Gasteiger partial charge in [0, 0.05) is 24.4 Å². The number of aldehydes is 1. The van der Waals surface area contributed by atoms with Gasteiger partial charge in [-0.2, -0.15) is 0 Å². The molecular formula is C26H21NO4. The lowest BCUT2D eigenvalue weighted by Crippen LogP contribution is -2.26. The van der Waals surface area contributed by atoms with Gasteiger partial charge in [0.15, 0.2) is 0 Å². The van der Waals surface area contributed by atoms with E-state index >= 15 is 0 Å². The summed E-state index contributed by atoms with van der Waals surface area (Å²) in [7, 11) is 0. The minimum absolute atomic E-state index is 0.0163. The van der Waals surface area contributed by atoms with Crippen molar-refractivity contribution in [2.24, 2.45) is 0 Å². The Hall–Kier alpha value is -4.04. The van der Waals surface area contributed by atoms with Crippen LogP contribution in [0.4, 0.5) is 4.79 Å². The average Bonchev–Trinajstić information content (AvgIpc) is 3.12. The predicted octanol–water partition coefficient (Wildman–Crippen LogP) is 4.49. The van der Waals surface area contributed by atoms with Crippen molar-refractivity contribution in [1.29, 1.82) is 0 Å². The maximum Gasteiger partial charge on any atom is 0.407 e. The number of nitrogens with one attached hydrogen (secondary N) is 1. The smallest absolute Gasteiger partial charge is 0.407 e. The third-order valence-corrected chi connectivity index (χ3v) is 5.24. The number of fused-ring (bicyclic) bond motifs is 3. The SMILES string of the molecule is O=Cc1ccc(O)c(C#CCCNC(=O)OCC2c3ccccc3-c3ccccc32)c1. The summed E-state index contributed by atoms with van der Waals surface area (Å²) in [5.41, 5.74) is 5.53. The minimum atomic E-state index is -0.491. The van der Waals surface area contributed by atoms with E-state index in [1.54, 1.807) is 0 Å². The Morgan fingerprint density at radius 2 is 1.71 bits per heavy atom. The first-order valence-corrected chi connectivity index (χ1v) is 10.0. The van der Waals surface area contributed by atoms with Crippen molar-refractivity contribution < 1.29 is 19.4 Å². The van der Waals surface area contributed by atoms with Crippen molar-refractivity contribution in [3.63, 3.8) is 0 Å². The van der Waals surface area contributed by atoms with Gasteiger partial charge in [0.05, 0.1) is 5.56 Å². The van der Waals surface area contributed by atoms with Crippen LogP contribution in [-0.4, -0.2) is 30.6 Å². The highest BCUT2D eigenvalue weighted by atomic mass is 16.5. The van der Waals surface area contributed by atoms with E-state index in [9.17, 15) is 14.7 Å². The van der Waals surface area contributed by atoms with Crippen LogP contribution in [0.5, 0.6) is 5.75 Å². The van der Waals surface area contributed by atoms with Crippen LogP contribution in [0, 0.1) is 11.8 Å². The van der Waals surface area contributed by atoms with Gasteiger partial charge in [-0.25, -0.2) is 4.79 Å². The van der Waals surface area contributed by atoms with Crippen LogP contribution < -0.4 is 5.32 Å². The van der Waals surface area contributed by atoms with E-state index in [-0.39, 0.29) is 18.3 Å². The van der Waals surface area contributed by atoms with E-state index in [2.05, 4.69) is 41.4 Å². The summed E-state index contributed by atoms with van der Waals surface area (Å²) in [6.07, 6.45) is 0.590. The summed E-state index contributed by atoms with van der Waals surface area (Å²) < 4.78 is 5.48. The lowest BCUT2D eigenvalue weighted by molar-refractivity contribution is 0.112. The fourth-order valence-electron chi connectivity index (χ4n) is 3.76. The standard InChI is InChI=1S/C26H21NO4/c28-16-18-12-13-25(29)19(15-18)7-5-6-14-27-26(30)31-17-24-22-10-3-1-8-20(22)21-9-2-4-11-23(21)24/h1-4,8-13,15-16,24,29H,6,14,17H2,(H,27,30). The monoisotopic (exact) mass is 411 g/mol. The number of amides is 1. The third kappa shape index (κ3) is 4.44. The summed E-state index contributed by atoms with van der Waals surface area (Å²) >= 11 is 0. The zero-order chi connectivity index (χ0) is 21.6. The Morgan fingerprint density at radius 3 is 2.39 bits per heavy atom. The van der Waals surface area contributed by atoms with Crippen LogP contribution in [0.3, 0.4) is 0 Å². The largest absolute Gasteiger partial charge is 0.507 e. The van der Waals surface area contributed by atoms with Crippen LogP contribution >= 0.6 is 0 Å². The highest BCUT2D eigenvalue weighted by Gasteiger charge is 2.28. The van der Waals surface area contributed by atoms with Gasteiger partial charge in [-0.15, -0.1) is 0 Å². The van der Waals surface area contributed by atoms with E-state index in [1.165, 1.54) is 40.5 Å². The Labute approximate surface area is 180 Å². The molecule has 0 heterocycles. The molecule has 5 nitrogen and oxygen atoms in total. The molecule has 5 heteroatoms. The number of carbonyl (C=O) groups is 2. The van der Waals surface area contributed by atoms with E-state index in [4.69, 9.17) is 4.74 Å². The van der Waals surface area contributed by atoms with Gasteiger partial charge in [0.25, 0.3) is 0 Å². The van der Waals surface area contributed by atoms with Crippen molar-refractivity contribution in [3.8, 4) is 28.7 Å². The maximum atomic E-state index is 12.1. The third-order valence-electron chi connectivity index (χ3n) is 5.24. The molecule has 0 saturated carbocycles. The first kappa shape index (κ1) is 20.2. The van der Waals surface area contributed by atoms with E-state index < -0.39 is 6.09 Å².